The fourth-order valence-corrected chi connectivity index (χ4v) is 0.898. The van der Waals surface area contributed by atoms with E-state index in [1.165, 1.54) is 0 Å². The summed E-state index contributed by atoms with van der Waals surface area (Å²) in [5.74, 6) is -0.000637. The highest BCUT2D eigenvalue weighted by Gasteiger charge is 2.02. The molecule has 1 rings (SSSR count). The van der Waals surface area contributed by atoms with Crippen molar-refractivity contribution < 1.29 is 4.79 Å². The second-order valence-corrected chi connectivity index (χ2v) is 2.65. The maximum absolute atomic E-state index is 11.0. The summed E-state index contributed by atoms with van der Waals surface area (Å²) < 4.78 is 0. The van der Waals surface area contributed by atoms with E-state index in [0.717, 1.165) is 5.69 Å². The molecule has 0 saturated carbocycles. The van der Waals surface area contributed by atoms with Gasteiger partial charge in [-0.25, -0.2) is 0 Å². The Balaban J connectivity index is 2.59. The first kappa shape index (κ1) is 9.51. The van der Waals surface area contributed by atoms with Crippen LogP contribution in [0.3, 0.4) is 0 Å². The van der Waals surface area contributed by atoms with Crippen molar-refractivity contribution in [2.24, 2.45) is 0 Å². The molecule has 0 radical (unpaired) electrons. The molecule has 0 saturated heterocycles. The number of hydrazine groups is 1. The molecule has 1 aromatic rings. The van der Waals surface area contributed by atoms with Crippen LogP contribution in [0, 0.1) is 0 Å². The summed E-state index contributed by atoms with van der Waals surface area (Å²) in [7, 11) is 1.79. The molecule has 1 N–H and O–H groups in total. The van der Waals surface area contributed by atoms with Crippen molar-refractivity contribution >= 4 is 11.6 Å². The Bertz CT molecular complexity index is 273. The summed E-state index contributed by atoms with van der Waals surface area (Å²) in [6.07, 6.45) is 3.85. The van der Waals surface area contributed by atoms with E-state index in [4.69, 9.17) is 0 Å². The molecule has 0 fully saturated rings. The summed E-state index contributed by atoms with van der Waals surface area (Å²) >= 11 is 0. The minimum atomic E-state index is -0.000637. The first-order valence-electron chi connectivity index (χ1n) is 4.17. The van der Waals surface area contributed by atoms with Crippen LogP contribution in [-0.4, -0.2) is 17.9 Å². The summed E-state index contributed by atoms with van der Waals surface area (Å²) in [5.41, 5.74) is 3.63. The smallest absolute Gasteiger partial charge is 0.238 e. The third kappa shape index (κ3) is 2.74. The van der Waals surface area contributed by atoms with Crippen molar-refractivity contribution in [3.8, 4) is 0 Å². The van der Waals surface area contributed by atoms with E-state index in [9.17, 15) is 4.79 Å². The molecule has 70 valence electrons. The largest absolute Gasteiger partial charge is 0.289 e. The Morgan fingerprint density at radius 2 is 2.15 bits per heavy atom. The van der Waals surface area contributed by atoms with Gasteiger partial charge >= 0.3 is 0 Å². The van der Waals surface area contributed by atoms with Crippen molar-refractivity contribution in [3.63, 3.8) is 0 Å². The topological polar surface area (TPSA) is 45.2 Å². The van der Waals surface area contributed by atoms with Crippen molar-refractivity contribution in [1.29, 1.82) is 0 Å². The number of hydrogen-bond acceptors (Lipinski definition) is 3. The third-order valence-electron chi connectivity index (χ3n) is 1.66. The molecular formula is C9H13N3O. The fraction of sp³-hybridized carbons (Fsp3) is 0.333. The molecule has 0 spiro atoms. The molecule has 0 aliphatic carbocycles. The number of carbonyl (C=O) groups is 1. The van der Waals surface area contributed by atoms with Crippen LogP contribution in [0.1, 0.15) is 13.3 Å². The lowest BCUT2D eigenvalue weighted by Crippen LogP contribution is -2.38. The normalized spacial score (nSPS) is 9.38. The van der Waals surface area contributed by atoms with Gasteiger partial charge in [0.2, 0.25) is 5.91 Å². The van der Waals surface area contributed by atoms with Gasteiger partial charge < -0.3 is 0 Å². The maximum atomic E-state index is 11.0. The monoisotopic (exact) mass is 179 g/mol. The molecule has 0 aliphatic heterocycles. The van der Waals surface area contributed by atoms with Gasteiger partial charge in [0, 0.05) is 25.9 Å². The predicted octanol–water partition coefficient (Wildman–Crippen LogP) is 0.959. The maximum Gasteiger partial charge on any atom is 0.238 e. The molecule has 0 unspecified atom stereocenters. The van der Waals surface area contributed by atoms with Crippen molar-refractivity contribution in [3.05, 3.63) is 24.5 Å². The Morgan fingerprint density at radius 3 is 2.69 bits per heavy atom. The zero-order valence-corrected chi connectivity index (χ0v) is 7.82. The first-order chi connectivity index (χ1) is 6.24. The zero-order valence-electron chi connectivity index (χ0n) is 7.82. The number of rotatable bonds is 3. The highest BCUT2D eigenvalue weighted by atomic mass is 16.2. The van der Waals surface area contributed by atoms with Gasteiger partial charge in [0.15, 0.2) is 0 Å². The van der Waals surface area contributed by atoms with Crippen LogP contribution in [0.25, 0.3) is 0 Å². The average molecular weight is 179 g/mol. The lowest BCUT2D eigenvalue weighted by molar-refractivity contribution is -0.120. The van der Waals surface area contributed by atoms with Gasteiger partial charge in [0.1, 0.15) is 0 Å². The summed E-state index contributed by atoms with van der Waals surface area (Å²) in [6, 6.07) is 3.66. The molecule has 1 heterocycles. The van der Waals surface area contributed by atoms with Gasteiger partial charge in [-0.05, 0) is 12.1 Å². The number of pyridine rings is 1. The Morgan fingerprint density at radius 1 is 1.54 bits per heavy atom. The lowest BCUT2D eigenvalue weighted by atomic mass is 10.4. The summed E-state index contributed by atoms with van der Waals surface area (Å²) in [5, 5.41) is 1.67. The Kier molecular flexibility index (Phi) is 3.25. The van der Waals surface area contributed by atoms with Gasteiger partial charge in [0.25, 0.3) is 0 Å². The van der Waals surface area contributed by atoms with Crippen LogP contribution >= 0.6 is 0 Å². The van der Waals surface area contributed by atoms with Crippen LogP contribution in [-0.2, 0) is 4.79 Å². The second-order valence-electron chi connectivity index (χ2n) is 2.65. The quantitative estimate of drug-likeness (QED) is 0.703. The van der Waals surface area contributed by atoms with Gasteiger partial charge in [-0.3, -0.25) is 20.2 Å². The number of nitrogens with zero attached hydrogens (tertiary/aromatic N) is 2. The molecule has 13 heavy (non-hydrogen) atoms. The van der Waals surface area contributed by atoms with Crippen LogP contribution in [0.4, 0.5) is 5.69 Å². The highest BCUT2D eigenvalue weighted by molar-refractivity contribution is 5.77. The molecule has 0 aromatic carbocycles. The number of hydrogen-bond donors (Lipinski definition) is 1. The van der Waals surface area contributed by atoms with E-state index in [0.29, 0.717) is 6.42 Å². The van der Waals surface area contributed by atoms with Crippen LogP contribution in [0.15, 0.2) is 24.5 Å². The van der Waals surface area contributed by atoms with Gasteiger partial charge in [-0.2, -0.15) is 0 Å². The Labute approximate surface area is 77.6 Å². The number of amides is 1. The molecule has 0 aliphatic rings. The van der Waals surface area contributed by atoms with E-state index >= 15 is 0 Å². The van der Waals surface area contributed by atoms with Crippen molar-refractivity contribution in [2.75, 3.05) is 12.1 Å². The lowest BCUT2D eigenvalue weighted by Gasteiger charge is -2.19. The van der Waals surface area contributed by atoms with Gasteiger partial charge in [-0.1, -0.05) is 6.92 Å². The van der Waals surface area contributed by atoms with Crippen LogP contribution in [0.5, 0.6) is 0 Å². The highest BCUT2D eigenvalue weighted by Crippen LogP contribution is 2.06. The van der Waals surface area contributed by atoms with E-state index in [2.05, 4.69) is 10.4 Å². The van der Waals surface area contributed by atoms with E-state index < -0.39 is 0 Å². The molecular weight excluding hydrogens is 166 g/mol. The molecule has 0 atom stereocenters. The number of anilines is 1. The van der Waals surface area contributed by atoms with Crippen molar-refractivity contribution in [1.82, 2.24) is 10.4 Å². The average Bonchev–Trinajstić information content (AvgIpc) is 2.19. The minimum Gasteiger partial charge on any atom is -0.289 e. The SMILES string of the molecule is CCC(=O)NN(C)c1ccncc1. The van der Waals surface area contributed by atoms with Gasteiger partial charge in [-0.15, -0.1) is 0 Å². The fourth-order valence-electron chi connectivity index (χ4n) is 0.898. The number of nitrogens with one attached hydrogen (secondary N) is 1. The van der Waals surface area contributed by atoms with E-state index in [1.807, 2.05) is 19.1 Å². The van der Waals surface area contributed by atoms with Crippen molar-refractivity contribution in [2.45, 2.75) is 13.3 Å². The zero-order chi connectivity index (χ0) is 9.68. The summed E-state index contributed by atoms with van der Waals surface area (Å²) in [4.78, 5) is 14.9. The first-order valence-corrected chi connectivity index (χ1v) is 4.17. The summed E-state index contributed by atoms with van der Waals surface area (Å²) in [6.45, 7) is 1.82. The standard InChI is InChI=1S/C9H13N3O/c1-3-9(13)11-12(2)8-4-6-10-7-5-8/h4-7H,3H2,1-2H3,(H,11,13). The predicted molar refractivity (Wildman–Crippen MR) is 51.1 cm³/mol. The van der Waals surface area contributed by atoms with Crippen LogP contribution in [0.2, 0.25) is 0 Å². The minimum absolute atomic E-state index is 0.000637. The number of carbonyl (C=O) groups excluding carboxylic acids is 1. The van der Waals surface area contributed by atoms with E-state index in [1.54, 1.807) is 24.5 Å². The molecule has 4 nitrogen and oxygen atoms in total. The molecule has 4 heteroatoms. The van der Waals surface area contributed by atoms with Crippen LogP contribution < -0.4 is 10.4 Å². The third-order valence-corrected chi connectivity index (χ3v) is 1.66. The molecule has 1 amide bonds. The second kappa shape index (κ2) is 4.45. The molecule has 1 aromatic heterocycles. The number of aromatic nitrogens is 1. The van der Waals surface area contributed by atoms with E-state index in [-0.39, 0.29) is 5.91 Å². The van der Waals surface area contributed by atoms with Gasteiger partial charge in [0.05, 0.1) is 5.69 Å². The Hall–Kier alpha value is -1.58. The molecule has 0 bridgehead atoms.